The number of carbonyl (C=O) groups excluding carboxylic acids is 1. The molecule has 0 aromatic heterocycles. The molecule has 0 radical (unpaired) electrons. The fourth-order valence-corrected chi connectivity index (χ4v) is 1.48. The number of amides is 1. The summed E-state index contributed by atoms with van der Waals surface area (Å²) in [6.45, 7) is 0.944. The minimum Gasteiger partial charge on any atom is -0.349 e. The molecule has 2 N–H and O–H groups in total. The Morgan fingerprint density at radius 3 is 2.52 bits per heavy atom. The van der Waals surface area contributed by atoms with Gasteiger partial charge in [0.1, 0.15) is 0 Å². The molecule has 6 heteroatoms. The molecule has 0 saturated heterocycles. The van der Waals surface area contributed by atoms with Crippen molar-refractivity contribution in [1.29, 1.82) is 0 Å². The van der Waals surface area contributed by atoms with Crippen molar-refractivity contribution in [3.63, 3.8) is 0 Å². The molecule has 114 valence electrons. The Balaban J connectivity index is 0.00000400. The molecule has 0 saturated carbocycles. The second-order valence-corrected chi connectivity index (χ2v) is 4.35. The first kappa shape index (κ1) is 19.2. The van der Waals surface area contributed by atoms with Gasteiger partial charge in [0.25, 0.3) is 0 Å². The third-order valence-electron chi connectivity index (χ3n) is 2.47. The van der Waals surface area contributed by atoms with Crippen molar-refractivity contribution in [2.45, 2.75) is 6.54 Å². The second kappa shape index (κ2) is 11.0. The first-order valence-corrected chi connectivity index (χ1v) is 6.33. The molecule has 1 amide bonds. The van der Waals surface area contributed by atoms with Crippen LogP contribution in [0.25, 0.3) is 0 Å². The summed E-state index contributed by atoms with van der Waals surface area (Å²) in [5.74, 6) is 2.86. The zero-order chi connectivity index (χ0) is 14.8. The van der Waals surface area contributed by atoms with E-state index < -0.39 is 0 Å². The quantitative estimate of drug-likeness (QED) is 0.337. The van der Waals surface area contributed by atoms with E-state index in [0.29, 0.717) is 12.5 Å². The number of guanidine groups is 1. The monoisotopic (exact) mass is 400 g/mol. The molecule has 0 atom stereocenters. The van der Waals surface area contributed by atoms with Crippen molar-refractivity contribution in [3.8, 4) is 12.3 Å². The number of carbonyl (C=O) groups is 1. The first-order chi connectivity index (χ1) is 9.63. The summed E-state index contributed by atoms with van der Waals surface area (Å²) in [6.07, 6.45) is 5.08. The number of nitrogens with one attached hydrogen (secondary N) is 2. The van der Waals surface area contributed by atoms with E-state index in [4.69, 9.17) is 6.42 Å². The molecular formula is C15H21IN4O. The van der Waals surface area contributed by atoms with Crippen LogP contribution in [-0.2, 0) is 11.3 Å². The zero-order valence-corrected chi connectivity index (χ0v) is 14.6. The van der Waals surface area contributed by atoms with Gasteiger partial charge in [0.2, 0.25) is 5.91 Å². The van der Waals surface area contributed by atoms with Crippen molar-refractivity contribution < 1.29 is 4.79 Å². The van der Waals surface area contributed by atoms with Crippen LogP contribution in [0.4, 0.5) is 0 Å². The molecule has 0 aliphatic heterocycles. The van der Waals surface area contributed by atoms with Crippen LogP contribution in [0.5, 0.6) is 0 Å². The third-order valence-corrected chi connectivity index (χ3v) is 2.47. The van der Waals surface area contributed by atoms with Gasteiger partial charge in [-0.1, -0.05) is 36.3 Å². The van der Waals surface area contributed by atoms with E-state index in [0.717, 1.165) is 5.56 Å². The number of benzene rings is 1. The van der Waals surface area contributed by atoms with Crippen LogP contribution in [0.15, 0.2) is 35.3 Å². The number of halogens is 1. The molecule has 1 aromatic rings. The van der Waals surface area contributed by atoms with Crippen LogP contribution in [0.3, 0.4) is 0 Å². The van der Waals surface area contributed by atoms with Crippen molar-refractivity contribution >= 4 is 35.8 Å². The molecule has 1 rings (SSSR count). The summed E-state index contributed by atoms with van der Waals surface area (Å²) in [4.78, 5) is 17.7. The van der Waals surface area contributed by atoms with Crippen LogP contribution in [0, 0.1) is 12.3 Å². The molecule has 0 aliphatic rings. The Kier molecular flexibility index (Phi) is 10.1. The minimum absolute atomic E-state index is 0. The van der Waals surface area contributed by atoms with E-state index in [-0.39, 0.29) is 43.0 Å². The van der Waals surface area contributed by atoms with Gasteiger partial charge in [-0.25, -0.2) is 4.99 Å². The summed E-state index contributed by atoms with van der Waals surface area (Å²) in [5, 5.41) is 5.58. The molecule has 0 bridgehead atoms. The van der Waals surface area contributed by atoms with Crippen LogP contribution >= 0.6 is 24.0 Å². The highest BCUT2D eigenvalue weighted by Gasteiger charge is 2.04. The molecule has 0 fully saturated rings. The Morgan fingerprint density at radius 1 is 1.29 bits per heavy atom. The largest absolute Gasteiger partial charge is 0.349 e. The normalized spacial score (nSPS) is 10.0. The Labute approximate surface area is 143 Å². The van der Waals surface area contributed by atoms with Gasteiger partial charge < -0.3 is 15.5 Å². The molecular weight excluding hydrogens is 379 g/mol. The lowest BCUT2D eigenvalue weighted by Gasteiger charge is -2.17. The van der Waals surface area contributed by atoms with Gasteiger partial charge in [-0.15, -0.1) is 30.4 Å². The Bertz CT molecular complexity index is 494. The number of nitrogens with zero attached hydrogens (tertiary/aromatic N) is 2. The zero-order valence-electron chi connectivity index (χ0n) is 12.3. The van der Waals surface area contributed by atoms with Gasteiger partial charge in [0.05, 0.1) is 19.6 Å². The smallest absolute Gasteiger partial charge is 0.240 e. The maximum absolute atomic E-state index is 11.5. The van der Waals surface area contributed by atoms with Gasteiger partial charge in [-0.2, -0.15) is 0 Å². The van der Waals surface area contributed by atoms with Crippen molar-refractivity contribution in [2.24, 2.45) is 4.99 Å². The first-order valence-electron chi connectivity index (χ1n) is 6.33. The average Bonchev–Trinajstić information content (AvgIpc) is 2.45. The fraction of sp³-hybridized carbons (Fsp3) is 0.333. The van der Waals surface area contributed by atoms with Gasteiger partial charge >= 0.3 is 0 Å². The summed E-state index contributed by atoms with van der Waals surface area (Å²) >= 11 is 0. The number of rotatable bonds is 5. The van der Waals surface area contributed by atoms with E-state index >= 15 is 0 Å². The Morgan fingerprint density at radius 2 is 1.95 bits per heavy atom. The van der Waals surface area contributed by atoms with E-state index in [1.807, 2.05) is 49.3 Å². The number of hydrogen-bond donors (Lipinski definition) is 2. The maximum Gasteiger partial charge on any atom is 0.240 e. The molecule has 5 nitrogen and oxygen atoms in total. The lowest BCUT2D eigenvalue weighted by Crippen LogP contribution is -2.42. The fourth-order valence-electron chi connectivity index (χ4n) is 1.48. The van der Waals surface area contributed by atoms with Gasteiger partial charge in [-0.05, 0) is 5.56 Å². The van der Waals surface area contributed by atoms with Crippen LogP contribution in [0.2, 0.25) is 0 Å². The van der Waals surface area contributed by atoms with Crippen molar-refractivity contribution in [3.05, 3.63) is 35.9 Å². The molecule has 0 aliphatic carbocycles. The van der Waals surface area contributed by atoms with E-state index in [2.05, 4.69) is 21.5 Å². The predicted molar refractivity (Wildman–Crippen MR) is 96.5 cm³/mol. The second-order valence-electron chi connectivity index (χ2n) is 4.35. The highest BCUT2D eigenvalue weighted by atomic mass is 127. The third kappa shape index (κ3) is 8.19. The molecule has 21 heavy (non-hydrogen) atoms. The van der Waals surface area contributed by atoms with Crippen LogP contribution in [-0.4, -0.2) is 44.0 Å². The predicted octanol–water partition coefficient (Wildman–Crippen LogP) is 1.06. The molecule has 0 unspecified atom stereocenters. The lowest BCUT2D eigenvalue weighted by molar-refractivity contribution is -0.119. The highest BCUT2D eigenvalue weighted by molar-refractivity contribution is 14.0. The van der Waals surface area contributed by atoms with Crippen LogP contribution < -0.4 is 10.6 Å². The number of hydrogen-bond acceptors (Lipinski definition) is 2. The molecule has 1 aromatic carbocycles. The summed E-state index contributed by atoms with van der Waals surface area (Å²) < 4.78 is 0. The van der Waals surface area contributed by atoms with Gasteiger partial charge in [0, 0.05) is 14.1 Å². The van der Waals surface area contributed by atoms with E-state index in [1.54, 1.807) is 0 Å². The number of aliphatic imine (C=N–C) groups is 1. The van der Waals surface area contributed by atoms with E-state index in [9.17, 15) is 4.79 Å². The highest BCUT2D eigenvalue weighted by Crippen LogP contribution is 2.00. The summed E-state index contributed by atoms with van der Waals surface area (Å²) in [6, 6.07) is 9.93. The Hall–Kier alpha value is -1.75. The summed E-state index contributed by atoms with van der Waals surface area (Å²) in [5.41, 5.74) is 1.12. The SMILES string of the molecule is C#CCNC(=O)CNC(=NCc1ccccc1)N(C)C.I. The van der Waals surface area contributed by atoms with Gasteiger partial charge in [-0.3, -0.25) is 4.79 Å². The topological polar surface area (TPSA) is 56.7 Å². The van der Waals surface area contributed by atoms with Crippen molar-refractivity contribution in [1.82, 2.24) is 15.5 Å². The summed E-state index contributed by atoms with van der Waals surface area (Å²) in [7, 11) is 3.74. The van der Waals surface area contributed by atoms with Crippen molar-refractivity contribution in [2.75, 3.05) is 27.2 Å². The van der Waals surface area contributed by atoms with Crippen LogP contribution in [0.1, 0.15) is 5.56 Å². The lowest BCUT2D eigenvalue weighted by atomic mass is 10.2. The minimum atomic E-state index is -0.155. The van der Waals surface area contributed by atoms with E-state index in [1.165, 1.54) is 0 Å². The maximum atomic E-state index is 11.5. The standard InChI is InChI=1S/C15H20N4O.HI/c1-4-10-16-14(20)12-18-15(19(2)3)17-11-13-8-6-5-7-9-13;/h1,5-9H,10-12H2,2-3H3,(H,16,20)(H,17,18);1H. The number of terminal acetylenes is 1. The average molecular weight is 400 g/mol. The molecule has 0 spiro atoms. The van der Waals surface area contributed by atoms with Gasteiger partial charge in [0.15, 0.2) is 5.96 Å². The molecule has 0 heterocycles.